The maximum absolute atomic E-state index is 13.5. The normalized spacial score (nSPS) is 14.0. The summed E-state index contributed by atoms with van der Waals surface area (Å²) in [4.78, 5) is 35.4. The van der Waals surface area contributed by atoms with E-state index in [-0.39, 0.29) is 17.0 Å². The van der Waals surface area contributed by atoms with Crippen molar-refractivity contribution in [3.63, 3.8) is 0 Å². The topological polar surface area (TPSA) is 58.4 Å². The predicted octanol–water partition coefficient (Wildman–Crippen LogP) is 3.72. The Morgan fingerprint density at radius 3 is 2.36 bits per heavy atom. The molecule has 0 bridgehead atoms. The molecule has 1 aliphatic heterocycles. The summed E-state index contributed by atoms with van der Waals surface area (Å²) in [6, 6.07) is 23.7. The molecule has 33 heavy (non-hydrogen) atoms. The Bertz CT molecular complexity index is 1340. The molecule has 4 aromatic rings. The molecule has 1 aliphatic rings. The Morgan fingerprint density at radius 1 is 0.909 bits per heavy atom. The van der Waals surface area contributed by atoms with Crippen molar-refractivity contribution in [1.29, 1.82) is 0 Å². The lowest BCUT2D eigenvalue weighted by Crippen LogP contribution is -2.50. The molecule has 2 aromatic carbocycles. The maximum atomic E-state index is 13.5. The van der Waals surface area contributed by atoms with Gasteiger partial charge in [-0.05, 0) is 42.8 Å². The number of hydrogen-bond donors (Lipinski definition) is 0. The number of aromatic nitrogens is 2. The molecule has 166 valence electrons. The summed E-state index contributed by atoms with van der Waals surface area (Å²) < 4.78 is 1.62. The molecule has 1 saturated heterocycles. The fourth-order valence-corrected chi connectivity index (χ4v) is 4.36. The molecule has 0 aliphatic carbocycles. The van der Waals surface area contributed by atoms with Crippen LogP contribution in [-0.2, 0) is 6.54 Å². The van der Waals surface area contributed by atoms with E-state index in [1.807, 2.05) is 61.5 Å². The molecule has 5 rings (SSSR count). The molecule has 1 fully saturated rings. The molecule has 3 heterocycles. The minimum absolute atomic E-state index is 0.204. The van der Waals surface area contributed by atoms with Crippen molar-refractivity contribution in [1.82, 2.24) is 14.5 Å². The smallest absolute Gasteiger partial charge is 0.265 e. The summed E-state index contributed by atoms with van der Waals surface area (Å²) in [5.74, 6) is -0.212. The maximum Gasteiger partial charge on any atom is 0.265 e. The van der Waals surface area contributed by atoms with E-state index in [2.05, 4.69) is 22.0 Å². The number of benzene rings is 2. The molecule has 2 aromatic heterocycles. The fraction of sp³-hybridized carbons (Fsp3) is 0.222. The van der Waals surface area contributed by atoms with Crippen LogP contribution in [0.1, 0.15) is 21.5 Å². The summed E-state index contributed by atoms with van der Waals surface area (Å²) in [5, 5.41) is 0.787. The van der Waals surface area contributed by atoms with E-state index in [4.69, 9.17) is 0 Å². The van der Waals surface area contributed by atoms with Gasteiger partial charge in [-0.25, -0.2) is 4.98 Å². The quantitative estimate of drug-likeness (QED) is 0.487. The zero-order valence-electron chi connectivity index (χ0n) is 18.6. The SMILES string of the molecule is Cc1ccc(Cn2c(=O)c(C(=O)N3CCN(c4ccccc4)CC3)cc3cccnc32)cc1. The van der Waals surface area contributed by atoms with E-state index in [1.54, 1.807) is 21.7 Å². The highest BCUT2D eigenvalue weighted by Gasteiger charge is 2.25. The van der Waals surface area contributed by atoms with Gasteiger partial charge in [0, 0.05) is 43.4 Å². The number of fused-ring (bicyclic) bond motifs is 1. The van der Waals surface area contributed by atoms with Crippen LogP contribution in [0.25, 0.3) is 11.0 Å². The van der Waals surface area contributed by atoms with Crippen molar-refractivity contribution in [2.45, 2.75) is 13.5 Å². The molecule has 0 atom stereocenters. The van der Waals surface area contributed by atoms with Crippen molar-refractivity contribution in [3.05, 3.63) is 106 Å². The van der Waals surface area contributed by atoms with Crippen molar-refractivity contribution >= 4 is 22.6 Å². The Morgan fingerprint density at radius 2 is 1.64 bits per heavy atom. The number of piperazine rings is 1. The highest BCUT2D eigenvalue weighted by atomic mass is 16.2. The summed E-state index contributed by atoms with van der Waals surface area (Å²) >= 11 is 0. The van der Waals surface area contributed by atoms with Crippen LogP contribution in [0.5, 0.6) is 0 Å². The van der Waals surface area contributed by atoms with E-state index in [0.717, 1.165) is 35.3 Å². The van der Waals surface area contributed by atoms with Crippen molar-refractivity contribution in [3.8, 4) is 0 Å². The van der Waals surface area contributed by atoms with Crippen molar-refractivity contribution in [2.24, 2.45) is 0 Å². The van der Waals surface area contributed by atoms with Gasteiger partial charge in [0.2, 0.25) is 0 Å². The minimum Gasteiger partial charge on any atom is -0.368 e. The standard InChI is InChI=1S/C27H26N4O2/c1-20-9-11-21(12-10-20)19-31-25-22(6-5-13-28-25)18-24(27(31)33)26(32)30-16-14-29(15-17-30)23-7-3-2-4-8-23/h2-13,18H,14-17,19H2,1H3. The lowest BCUT2D eigenvalue weighted by Gasteiger charge is -2.36. The van der Waals surface area contributed by atoms with Crippen molar-refractivity contribution < 1.29 is 4.79 Å². The van der Waals surface area contributed by atoms with Crippen LogP contribution >= 0.6 is 0 Å². The molecule has 0 unspecified atom stereocenters. The lowest BCUT2D eigenvalue weighted by molar-refractivity contribution is 0.0744. The van der Waals surface area contributed by atoms with Crippen LogP contribution in [0.3, 0.4) is 0 Å². The minimum atomic E-state index is -0.294. The second-order valence-corrected chi connectivity index (χ2v) is 8.47. The van der Waals surface area contributed by atoms with Gasteiger partial charge in [0.15, 0.2) is 0 Å². The third-order valence-electron chi connectivity index (χ3n) is 6.23. The third-order valence-corrected chi connectivity index (χ3v) is 6.23. The van der Waals surface area contributed by atoms with E-state index in [1.165, 1.54) is 0 Å². The van der Waals surface area contributed by atoms with Crippen LogP contribution in [0.4, 0.5) is 5.69 Å². The second-order valence-electron chi connectivity index (χ2n) is 8.47. The molecule has 6 nitrogen and oxygen atoms in total. The zero-order valence-corrected chi connectivity index (χ0v) is 18.6. The number of carbonyl (C=O) groups excluding carboxylic acids is 1. The first kappa shape index (κ1) is 20.9. The molecule has 0 radical (unpaired) electrons. The molecule has 1 amide bonds. The average molecular weight is 439 g/mol. The average Bonchev–Trinajstić information content (AvgIpc) is 2.87. The number of hydrogen-bond acceptors (Lipinski definition) is 4. The number of nitrogens with zero attached hydrogens (tertiary/aromatic N) is 4. The van der Waals surface area contributed by atoms with Crippen LogP contribution < -0.4 is 10.5 Å². The second kappa shape index (κ2) is 8.90. The predicted molar refractivity (Wildman–Crippen MR) is 131 cm³/mol. The summed E-state index contributed by atoms with van der Waals surface area (Å²) in [6.45, 7) is 5.04. The van der Waals surface area contributed by atoms with Gasteiger partial charge in [0.1, 0.15) is 11.2 Å². The van der Waals surface area contributed by atoms with Crippen LogP contribution in [0.15, 0.2) is 83.8 Å². The van der Waals surface area contributed by atoms with Crippen LogP contribution in [0.2, 0.25) is 0 Å². The highest BCUT2D eigenvalue weighted by molar-refractivity contribution is 5.97. The largest absolute Gasteiger partial charge is 0.368 e. The van der Waals surface area contributed by atoms with Crippen molar-refractivity contribution in [2.75, 3.05) is 31.1 Å². The van der Waals surface area contributed by atoms with Crippen LogP contribution in [-0.4, -0.2) is 46.5 Å². The van der Waals surface area contributed by atoms with E-state index >= 15 is 0 Å². The Hall–Kier alpha value is -3.93. The number of carbonyl (C=O) groups is 1. The molecular formula is C27H26N4O2. The number of aryl methyl sites for hydroxylation is 1. The Labute approximate surface area is 192 Å². The van der Waals surface area contributed by atoms with Gasteiger partial charge in [-0.2, -0.15) is 0 Å². The number of amides is 1. The first-order valence-corrected chi connectivity index (χ1v) is 11.2. The first-order valence-electron chi connectivity index (χ1n) is 11.2. The van der Waals surface area contributed by atoms with Gasteiger partial charge in [-0.15, -0.1) is 0 Å². The van der Waals surface area contributed by atoms with E-state index < -0.39 is 0 Å². The highest BCUT2D eigenvalue weighted by Crippen LogP contribution is 2.18. The van der Waals surface area contributed by atoms with Crippen LogP contribution in [0, 0.1) is 6.92 Å². The number of rotatable bonds is 4. The first-order chi connectivity index (χ1) is 16.1. The third kappa shape index (κ3) is 4.24. The summed E-state index contributed by atoms with van der Waals surface area (Å²) in [5.41, 5.74) is 3.81. The van der Waals surface area contributed by atoms with Gasteiger partial charge in [-0.3, -0.25) is 14.2 Å². The lowest BCUT2D eigenvalue weighted by atomic mass is 10.1. The van der Waals surface area contributed by atoms with Gasteiger partial charge < -0.3 is 9.80 Å². The van der Waals surface area contributed by atoms with Gasteiger partial charge in [0.25, 0.3) is 11.5 Å². The van der Waals surface area contributed by atoms with E-state index in [0.29, 0.717) is 25.3 Å². The molecule has 6 heteroatoms. The number of anilines is 1. The Kier molecular flexibility index (Phi) is 5.65. The van der Waals surface area contributed by atoms with Gasteiger partial charge in [0.05, 0.1) is 6.54 Å². The van der Waals surface area contributed by atoms with Gasteiger partial charge >= 0.3 is 0 Å². The Balaban J connectivity index is 1.44. The molecule has 0 N–H and O–H groups in total. The summed E-state index contributed by atoms with van der Waals surface area (Å²) in [7, 11) is 0. The van der Waals surface area contributed by atoms with Gasteiger partial charge in [-0.1, -0.05) is 48.0 Å². The number of para-hydroxylation sites is 1. The monoisotopic (exact) mass is 438 g/mol. The number of pyridine rings is 2. The molecule has 0 spiro atoms. The fourth-order valence-electron chi connectivity index (χ4n) is 4.36. The zero-order chi connectivity index (χ0) is 22.8. The van der Waals surface area contributed by atoms with E-state index in [9.17, 15) is 9.59 Å². The molecule has 0 saturated carbocycles. The molecular weight excluding hydrogens is 412 g/mol. The summed E-state index contributed by atoms with van der Waals surface area (Å²) in [6.07, 6.45) is 1.68.